The van der Waals surface area contributed by atoms with Crippen molar-refractivity contribution in [2.75, 3.05) is 4.31 Å². The third-order valence-electron chi connectivity index (χ3n) is 3.19. The van der Waals surface area contributed by atoms with Crippen molar-refractivity contribution in [1.29, 1.82) is 0 Å². The normalized spacial score (nSPS) is 12.3. The number of primary sulfonamides is 1. The summed E-state index contributed by atoms with van der Waals surface area (Å²) in [5.74, 6) is 0. The predicted octanol–water partition coefficient (Wildman–Crippen LogP) is 1.94. The topological polar surface area (TPSA) is 97.5 Å². The van der Waals surface area contributed by atoms with Gasteiger partial charge in [0, 0.05) is 6.04 Å². The molecule has 23 heavy (non-hydrogen) atoms. The molecule has 0 saturated carbocycles. The highest BCUT2D eigenvalue weighted by Gasteiger charge is 2.27. The van der Waals surface area contributed by atoms with Gasteiger partial charge in [0.1, 0.15) is 0 Å². The van der Waals surface area contributed by atoms with E-state index in [1.54, 1.807) is 44.2 Å². The van der Waals surface area contributed by atoms with Gasteiger partial charge in [0.15, 0.2) is 0 Å². The summed E-state index contributed by atoms with van der Waals surface area (Å²) in [4.78, 5) is -0.130. The molecule has 2 aromatic carbocycles. The van der Waals surface area contributed by atoms with Crippen molar-refractivity contribution in [2.24, 2.45) is 5.14 Å². The van der Waals surface area contributed by atoms with Crippen molar-refractivity contribution in [3.63, 3.8) is 0 Å². The van der Waals surface area contributed by atoms with Crippen LogP contribution in [0.5, 0.6) is 0 Å². The summed E-state index contributed by atoms with van der Waals surface area (Å²) < 4.78 is 49.6. The standard InChI is InChI=1S/C15H18N2O4S2/c1-12(2)17(13-6-4-3-5-7-13)23(20,21)15-10-8-14(9-11-15)22(16,18)19/h3-12H,1-2H3,(H2,16,18,19). The molecule has 0 saturated heterocycles. The average molecular weight is 354 g/mol. The molecule has 0 aliphatic carbocycles. The second-order valence-electron chi connectivity index (χ2n) is 5.25. The Labute approximate surface area is 136 Å². The van der Waals surface area contributed by atoms with Crippen LogP contribution >= 0.6 is 0 Å². The molecule has 0 bridgehead atoms. The molecule has 124 valence electrons. The fourth-order valence-corrected chi connectivity index (χ4v) is 4.38. The molecule has 0 aliphatic rings. The number of anilines is 1. The highest BCUT2D eigenvalue weighted by molar-refractivity contribution is 7.93. The zero-order chi connectivity index (χ0) is 17.3. The van der Waals surface area contributed by atoms with Gasteiger partial charge in [0.25, 0.3) is 10.0 Å². The summed E-state index contributed by atoms with van der Waals surface area (Å²) in [6.07, 6.45) is 0. The third kappa shape index (κ3) is 3.72. The Morgan fingerprint density at radius 3 is 1.74 bits per heavy atom. The molecule has 0 amide bonds. The molecule has 0 fully saturated rings. The largest absolute Gasteiger partial charge is 0.264 e. The number of hydrogen-bond donors (Lipinski definition) is 1. The molecular weight excluding hydrogens is 336 g/mol. The lowest BCUT2D eigenvalue weighted by molar-refractivity contribution is 0.583. The van der Waals surface area contributed by atoms with Crippen LogP contribution in [0, 0.1) is 0 Å². The molecular formula is C15H18N2O4S2. The first-order valence-corrected chi connectivity index (χ1v) is 9.85. The monoisotopic (exact) mass is 354 g/mol. The summed E-state index contributed by atoms with van der Waals surface area (Å²) >= 11 is 0. The minimum atomic E-state index is -3.86. The van der Waals surface area contributed by atoms with Crippen LogP contribution in [-0.2, 0) is 20.0 Å². The van der Waals surface area contributed by atoms with Gasteiger partial charge >= 0.3 is 0 Å². The highest BCUT2D eigenvalue weighted by Crippen LogP contribution is 2.26. The van der Waals surface area contributed by atoms with Gasteiger partial charge in [-0.25, -0.2) is 22.0 Å². The molecule has 0 radical (unpaired) electrons. The summed E-state index contributed by atoms with van der Waals surface area (Å²) in [6.45, 7) is 3.53. The van der Waals surface area contributed by atoms with E-state index in [4.69, 9.17) is 5.14 Å². The molecule has 2 N–H and O–H groups in total. The van der Waals surface area contributed by atoms with Crippen LogP contribution in [0.1, 0.15) is 13.8 Å². The zero-order valence-corrected chi connectivity index (χ0v) is 14.4. The molecule has 6 nitrogen and oxygen atoms in total. The van der Waals surface area contributed by atoms with E-state index in [2.05, 4.69) is 0 Å². The number of nitrogens with two attached hydrogens (primary N) is 1. The number of benzene rings is 2. The zero-order valence-electron chi connectivity index (χ0n) is 12.7. The van der Waals surface area contributed by atoms with Gasteiger partial charge in [-0.05, 0) is 50.2 Å². The van der Waals surface area contributed by atoms with E-state index in [0.29, 0.717) is 5.69 Å². The molecule has 0 heterocycles. The van der Waals surface area contributed by atoms with E-state index < -0.39 is 20.0 Å². The number of hydrogen-bond acceptors (Lipinski definition) is 4. The van der Waals surface area contributed by atoms with Crippen LogP contribution < -0.4 is 9.44 Å². The first kappa shape index (κ1) is 17.5. The van der Waals surface area contributed by atoms with Crippen LogP contribution in [0.25, 0.3) is 0 Å². The Kier molecular flexibility index (Phi) is 4.79. The summed E-state index contributed by atoms with van der Waals surface area (Å²) in [6, 6.07) is 13.3. The van der Waals surface area contributed by atoms with E-state index in [0.717, 1.165) is 0 Å². The van der Waals surface area contributed by atoms with Crippen molar-refractivity contribution < 1.29 is 16.8 Å². The van der Waals surface area contributed by atoms with Crippen LogP contribution in [0.15, 0.2) is 64.4 Å². The van der Waals surface area contributed by atoms with Gasteiger partial charge in [0.05, 0.1) is 15.5 Å². The molecule has 0 spiro atoms. The Balaban J connectivity index is 2.51. The Hall–Kier alpha value is -1.90. The summed E-state index contributed by atoms with van der Waals surface area (Å²) in [5, 5.41) is 5.03. The molecule has 0 aliphatic heterocycles. The van der Waals surface area contributed by atoms with E-state index in [-0.39, 0.29) is 15.8 Å². The minimum Gasteiger partial charge on any atom is -0.264 e. The number of sulfonamides is 2. The predicted molar refractivity (Wildman–Crippen MR) is 89.1 cm³/mol. The SMILES string of the molecule is CC(C)N(c1ccccc1)S(=O)(=O)c1ccc(S(N)(=O)=O)cc1. The molecule has 2 rings (SSSR count). The fourth-order valence-electron chi connectivity index (χ4n) is 2.20. The summed E-state index contributed by atoms with van der Waals surface area (Å²) in [5.41, 5.74) is 0.540. The van der Waals surface area contributed by atoms with E-state index in [1.165, 1.54) is 28.6 Å². The van der Waals surface area contributed by atoms with Crippen LogP contribution in [0.3, 0.4) is 0 Å². The van der Waals surface area contributed by atoms with E-state index >= 15 is 0 Å². The fraction of sp³-hybridized carbons (Fsp3) is 0.200. The lowest BCUT2D eigenvalue weighted by Gasteiger charge is -2.28. The number of nitrogens with zero attached hydrogens (tertiary/aromatic N) is 1. The maximum absolute atomic E-state index is 12.9. The van der Waals surface area contributed by atoms with Gasteiger partial charge in [0.2, 0.25) is 10.0 Å². The van der Waals surface area contributed by atoms with Gasteiger partial charge in [-0.1, -0.05) is 18.2 Å². The Morgan fingerprint density at radius 1 is 0.826 bits per heavy atom. The van der Waals surface area contributed by atoms with Crippen LogP contribution in [0.2, 0.25) is 0 Å². The Bertz CT molecular complexity index is 875. The summed E-state index contributed by atoms with van der Waals surface area (Å²) in [7, 11) is -7.68. The lowest BCUT2D eigenvalue weighted by Crippen LogP contribution is -2.37. The smallest absolute Gasteiger partial charge is 0.264 e. The highest BCUT2D eigenvalue weighted by atomic mass is 32.2. The van der Waals surface area contributed by atoms with Crippen molar-refractivity contribution >= 4 is 25.7 Å². The average Bonchev–Trinajstić information content (AvgIpc) is 2.47. The molecule has 0 atom stereocenters. The molecule has 0 aromatic heterocycles. The van der Waals surface area contributed by atoms with Gasteiger partial charge in [-0.2, -0.15) is 0 Å². The second kappa shape index (κ2) is 6.31. The first-order valence-electron chi connectivity index (χ1n) is 6.86. The maximum atomic E-state index is 12.9. The first-order chi connectivity index (χ1) is 10.6. The number of para-hydroxylation sites is 1. The van der Waals surface area contributed by atoms with E-state index in [1.807, 2.05) is 0 Å². The number of rotatable bonds is 5. The van der Waals surface area contributed by atoms with Gasteiger partial charge < -0.3 is 0 Å². The third-order valence-corrected chi connectivity index (χ3v) is 6.14. The quantitative estimate of drug-likeness (QED) is 0.887. The van der Waals surface area contributed by atoms with Crippen LogP contribution in [0.4, 0.5) is 5.69 Å². The minimum absolute atomic E-state index is 0.00227. The van der Waals surface area contributed by atoms with Crippen molar-refractivity contribution in [3.05, 3.63) is 54.6 Å². The van der Waals surface area contributed by atoms with Gasteiger partial charge in [-0.15, -0.1) is 0 Å². The van der Waals surface area contributed by atoms with Gasteiger partial charge in [-0.3, -0.25) is 4.31 Å². The maximum Gasteiger partial charge on any atom is 0.264 e. The molecule has 2 aromatic rings. The van der Waals surface area contributed by atoms with Crippen molar-refractivity contribution in [1.82, 2.24) is 0 Å². The van der Waals surface area contributed by atoms with Crippen molar-refractivity contribution in [3.8, 4) is 0 Å². The Morgan fingerprint density at radius 2 is 1.30 bits per heavy atom. The second-order valence-corrected chi connectivity index (χ2v) is 8.62. The molecule has 0 unspecified atom stereocenters. The molecule has 8 heteroatoms. The lowest BCUT2D eigenvalue weighted by atomic mass is 10.3. The van der Waals surface area contributed by atoms with Crippen LogP contribution in [-0.4, -0.2) is 22.9 Å². The van der Waals surface area contributed by atoms with Crippen molar-refractivity contribution in [2.45, 2.75) is 29.7 Å². The van der Waals surface area contributed by atoms with E-state index in [9.17, 15) is 16.8 Å².